The Morgan fingerprint density at radius 2 is 2.24 bits per heavy atom. The fourth-order valence-corrected chi connectivity index (χ4v) is 1.22. The van der Waals surface area contributed by atoms with E-state index in [1.165, 1.54) is 13.2 Å². The molecular weight excluding hydrogens is 231 g/mol. The first-order chi connectivity index (χ1) is 8.02. The molecule has 92 valence electrons. The lowest BCUT2D eigenvalue weighted by molar-refractivity contribution is -0.385. The summed E-state index contributed by atoms with van der Waals surface area (Å²) >= 11 is 0. The average molecular weight is 242 g/mol. The van der Waals surface area contributed by atoms with Crippen LogP contribution in [0.1, 0.15) is 5.56 Å². The van der Waals surface area contributed by atoms with Crippen LogP contribution in [-0.4, -0.2) is 24.5 Å². The summed E-state index contributed by atoms with van der Waals surface area (Å²) in [6.45, 7) is 0.106. The molecule has 0 aliphatic rings. The fourth-order valence-electron chi connectivity index (χ4n) is 1.22. The smallest absolute Gasteiger partial charge is 0.319 e. The number of ether oxygens (including phenoxy) is 1. The summed E-state index contributed by atoms with van der Waals surface area (Å²) in [5.74, 6) is -1.15. The quantitative estimate of drug-likeness (QED) is 0.473. The number of halogens is 1. The standard InChI is InChI=1S/C10H11FN2O4/c1-17-10(14)6-12-5-7-2-8(11)4-9(3-7)13(15)16/h2-4,12H,5-6H2,1H3. The zero-order valence-corrected chi connectivity index (χ0v) is 9.10. The lowest BCUT2D eigenvalue weighted by Gasteiger charge is -2.04. The highest BCUT2D eigenvalue weighted by Gasteiger charge is 2.09. The molecule has 1 rings (SSSR count). The van der Waals surface area contributed by atoms with Gasteiger partial charge >= 0.3 is 5.97 Å². The Labute approximate surface area is 96.5 Å². The van der Waals surface area contributed by atoms with Crippen LogP contribution in [0.4, 0.5) is 10.1 Å². The van der Waals surface area contributed by atoms with Crippen molar-refractivity contribution in [2.75, 3.05) is 13.7 Å². The minimum Gasteiger partial charge on any atom is -0.468 e. The van der Waals surface area contributed by atoms with Crippen molar-refractivity contribution < 1.29 is 18.8 Å². The van der Waals surface area contributed by atoms with Crippen LogP contribution in [0.5, 0.6) is 0 Å². The zero-order valence-electron chi connectivity index (χ0n) is 9.10. The molecule has 0 spiro atoms. The Bertz CT molecular complexity index is 436. The number of non-ortho nitro benzene ring substituents is 1. The molecule has 0 aliphatic heterocycles. The summed E-state index contributed by atoms with van der Waals surface area (Å²) in [5, 5.41) is 13.2. The van der Waals surface area contributed by atoms with Gasteiger partial charge in [-0.1, -0.05) is 0 Å². The van der Waals surface area contributed by atoms with E-state index in [1.807, 2.05) is 0 Å². The first-order valence-corrected chi connectivity index (χ1v) is 4.74. The van der Waals surface area contributed by atoms with Crippen molar-refractivity contribution in [2.45, 2.75) is 6.54 Å². The first-order valence-electron chi connectivity index (χ1n) is 4.74. The van der Waals surface area contributed by atoms with E-state index in [4.69, 9.17) is 0 Å². The van der Waals surface area contributed by atoms with E-state index in [1.54, 1.807) is 0 Å². The molecule has 0 aromatic heterocycles. The minimum atomic E-state index is -0.686. The number of hydrogen-bond donors (Lipinski definition) is 1. The Balaban J connectivity index is 2.65. The number of hydrogen-bond acceptors (Lipinski definition) is 5. The van der Waals surface area contributed by atoms with Gasteiger partial charge in [0.05, 0.1) is 24.6 Å². The second-order valence-electron chi connectivity index (χ2n) is 3.25. The Kier molecular flexibility index (Phi) is 4.53. The molecule has 0 radical (unpaired) electrons. The highest BCUT2D eigenvalue weighted by molar-refractivity contribution is 5.71. The molecule has 0 saturated carbocycles. The van der Waals surface area contributed by atoms with Crippen LogP contribution < -0.4 is 5.32 Å². The van der Waals surface area contributed by atoms with Crippen molar-refractivity contribution >= 4 is 11.7 Å². The number of nitro benzene ring substituents is 1. The van der Waals surface area contributed by atoms with Gasteiger partial charge in [0.25, 0.3) is 5.69 Å². The van der Waals surface area contributed by atoms with Gasteiger partial charge in [0.1, 0.15) is 5.82 Å². The number of carbonyl (C=O) groups excluding carboxylic acids is 1. The van der Waals surface area contributed by atoms with Crippen LogP contribution in [0.25, 0.3) is 0 Å². The lowest BCUT2D eigenvalue weighted by Crippen LogP contribution is -2.23. The SMILES string of the molecule is COC(=O)CNCc1cc(F)cc([N+](=O)[O-])c1. The van der Waals surface area contributed by atoms with Crippen LogP contribution in [0.3, 0.4) is 0 Å². The van der Waals surface area contributed by atoms with Crippen molar-refractivity contribution in [3.8, 4) is 0 Å². The van der Waals surface area contributed by atoms with Crippen LogP contribution >= 0.6 is 0 Å². The minimum absolute atomic E-state index is 0.0409. The fraction of sp³-hybridized carbons (Fsp3) is 0.300. The predicted molar refractivity (Wildman–Crippen MR) is 56.8 cm³/mol. The Hall–Kier alpha value is -2.02. The monoisotopic (exact) mass is 242 g/mol. The number of methoxy groups -OCH3 is 1. The summed E-state index contributed by atoms with van der Waals surface area (Å²) in [5.41, 5.74) is 0.0699. The Morgan fingerprint density at radius 1 is 1.53 bits per heavy atom. The highest BCUT2D eigenvalue weighted by atomic mass is 19.1. The van der Waals surface area contributed by atoms with Gasteiger partial charge in [0.15, 0.2) is 0 Å². The number of carbonyl (C=O) groups is 1. The maximum atomic E-state index is 13.0. The molecular formula is C10H11FN2O4. The second kappa shape index (κ2) is 5.90. The normalized spacial score (nSPS) is 10.0. The molecule has 0 heterocycles. The maximum absolute atomic E-state index is 13.0. The number of nitrogens with zero attached hydrogens (tertiary/aromatic N) is 1. The third-order valence-electron chi connectivity index (χ3n) is 1.98. The molecule has 17 heavy (non-hydrogen) atoms. The first kappa shape index (κ1) is 13.0. The van der Waals surface area contributed by atoms with E-state index in [9.17, 15) is 19.3 Å². The summed E-state index contributed by atoms with van der Waals surface area (Å²) in [6, 6.07) is 3.24. The molecule has 0 saturated heterocycles. The van der Waals surface area contributed by atoms with E-state index in [2.05, 4.69) is 10.1 Å². The van der Waals surface area contributed by atoms with Gasteiger partial charge in [-0.2, -0.15) is 0 Å². The molecule has 0 amide bonds. The number of esters is 1. The molecule has 1 aromatic carbocycles. The molecule has 0 bridgehead atoms. The van der Waals surface area contributed by atoms with Gasteiger partial charge in [-0.3, -0.25) is 14.9 Å². The van der Waals surface area contributed by atoms with Gasteiger partial charge in [0.2, 0.25) is 0 Å². The van der Waals surface area contributed by atoms with E-state index >= 15 is 0 Å². The van der Waals surface area contributed by atoms with Crippen molar-refractivity contribution in [2.24, 2.45) is 0 Å². The Morgan fingerprint density at radius 3 is 2.82 bits per heavy atom. The summed E-state index contributed by atoms with van der Waals surface area (Å²) in [4.78, 5) is 20.6. The van der Waals surface area contributed by atoms with E-state index < -0.39 is 16.7 Å². The van der Waals surface area contributed by atoms with Crippen LogP contribution in [0, 0.1) is 15.9 Å². The average Bonchev–Trinajstić information content (AvgIpc) is 2.28. The summed E-state index contributed by atoms with van der Waals surface area (Å²) in [6.07, 6.45) is 0. The van der Waals surface area contributed by atoms with Gasteiger partial charge in [-0.05, 0) is 11.6 Å². The van der Waals surface area contributed by atoms with Crippen LogP contribution in [-0.2, 0) is 16.1 Å². The maximum Gasteiger partial charge on any atom is 0.319 e. The molecule has 0 fully saturated rings. The van der Waals surface area contributed by atoms with Crippen molar-refractivity contribution in [1.82, 2.24) is 5.32 Å². The number of rotatable bonds is 5. The number of benzene rings is 1. The summed E-state index contributed by atoms with van der Waals surface area (Å²) in [7, 11) is 1.25. The van der Waals surface area contributed by atoms with E-state index in [0.717, 1.165) is 12.1 Å². The van der Waals surface area contributed by atoms with Gasteiger partial charge in [-0.25, -0.2) is 4.39 Å². The van der Waals surface area contributed by atoms with Crippen LogP contribution in [0.15, 0.2) is 18.2 Å². The van der Waals surface area contributed by atoms with Crippen LogP contribution in [0.2, 0.25) is 0 Å². The zero-order chi connectivity index (χ0) is 12.8. The third-order valence-corrected chi connectivity index (χ3v) is 1.98. The van der Waals surface area contributed by atoms with Crippen molar-refractivity contribution in [1.29, 1.82) is 0 Å². The molecule has 6 nitrogen and oxygen atoms in total. The van der Waals surface area contributed by atoms with Crippen molar-refractivity contribution in [3.63, 3.8) is 0 Å². The molecule has 0 aliphatic carbocycles. The molecule has 7 heteroatoms. The second-order valence-corrected chi connectivity index (χ2v) is 3.25. The van der Waals surface area contributed by atoms with Gasteiger partial charge in [-0.15, -0.1) is 0 Å². The van der Waals surface area contributed by atoms with E-state index in [-0.39, 0.29) is 18.8 Å². The molecule has 1 N–H and O–H groups in total. The summed E-state index contributed by atoms with van der Waals surface area (Å²) < 4.78 is 17.4. The third kappa shape index (κ3) is 4.15. The van der Waals surface area contributed by atoms with E-state index in [0.29, 0.717) is 5.56 Å². The largest absolute Gasteiger partial charge is 0.468 e. The number of nitro groups is 1. The lowest BCUT2D eigenvalue weighted by atomic mass is 10.2. The van der Waals surface area contributed by atoms with Gasteiger partial charge < -0.3 is 10.1 Å². The predicted octanol–water partition coefficient (Wildman–Crippen LogP) is 0.996. The van der Waals surface area contributed by atoms with Crippen molar-refractivity contribution in [3.05, 3.63) is 39.7 Å². The topological polar surface area (TPSA) is 81.5 Å². The molecule has 0 atom stereocenters. The highest BCUT2D eigenvalue weighted by Crippen LogP contribution is 2.15. The molecule has 1 aromatic rings. The number of nitrogens with one attached hydrogen (secondary N) is 1. The molecule has 0 unspecified atom stereocenters. The van der Waals surface area contributed by atoms with Gasteiger partial charge in [0, 0.05) is 12.6 Å².